The fourth-order valence-electron chi connectivity index (χ4n) is 4.51. The van der Waals surface area contributed by atoms with Crippen LogP contribution in [0.2, 0.25) is 0 Å². The van der Waals surface area contributed by atoms with E-state index in [1.54, 1.807) is 0 Å². The van der Waals surface area contributed by atoms with Crippen molar-refractivity contribution in [3.05, 3.63) is 28.5 Å². The van der Waals surface area contributed by atoms with Gasteiger partial charge < -0.3 is 14.1 Å². The van der Waals surface area contributed by atoms with Crippen molar-refractivity contribution < 1.29 is 13.9 Å². The Morgan fingerprint density at radius 3 is 2.48 bits per heavy atom. The number of ether oxygens (including phenoxy) is 1. The molecular weight excluding hydrogens is 386 g/mol. The number of rotatable bonds is 4. The predicted octanol–water partition coefficient (Wildman–Crippen LogP) is 3.98. The Morgan fingerprint density at radius 1 is 1.17 bits per heavy atom. The van der Waals surface area contributed by atoms with Gasteiger partial charge in [0, 0.05) is 32.7 Å². The number of nitrogens with zero attached hydrogens (tertiary/aromatic N) is 3. The Kier molecular flexibility index (Phi) is 6.08. The van der Waals surface area contributed by atoms with Crippen molar-refractivity contribution in [1.82, 2.24) is 14.8 Å². The van der Waals surface area contributed by atoms with Crippen LogP contribution in [-0.4, -0.2) is 65.6 Å². The van der Waals surface area contributed by atoms with E-state index in [9.17, 15) is 4.79 Å². The molecule has 0 N–H and O–H groups in total. The zero-order valence-electron chi connectivity index (χ0n) is 17.8. The molecule has 2 atom stereocenters. The van der Waals surface area contributed by atoms with Crippen molar-refractivity contribution >= 4 is 17.2 Å². The number of carbonyl (C=O) groups excluding carboxylic acids is 1. The van der Waals surface area contributed by atoms with E-state index in [4.69, 9.17) is 9.15 Å². The number of furan rings is 1. The fourth-order valence-corrected chi connectivity index (χ4v) is 5.51. The first-order chi connectivity index (χ1) is 13.9. The number of hydrogen-bond donors (Lipinski definition) is 0. The first kappa shape index (κ1) is 20.6. The summed E-state index contributed by atoms with van der Waals surface area (Å²) in [5, 5.41) is 0.782. The third-order valence-electron chi connectivity index (χ3n) is 5.86. The van der Waals surface area contributed by atoms with Crippen LogP contribution >= 0.6 is 11.3 Å². The van der Waals surface area contributed by atoms with Crippen LogP contribution in [0.15, 0.2) is 16.5 Å². The molecule has 7 heteroatoms. The Balaban J connectivity index is 1.34. The molecule has 0 saturated carbocycles. The molecule has 4 heterocycles. The molecule has 0 spiro atoms. The van der Waals surface area contributed by atoms with Crippen LogP contribution < -0.4 is 0 Å². The molecule has 0 radical (unpaired) electrons. The van der Waals surface area contributed by atoms with Crippen molar-refractivity contribution in [2.75, 3.05) is 32.7 Å². The highest BCUT2D eigenvalue weighted by Crippen LogP contribution is 2.31. The van der Waals surface area contributed by atoms with Crippen molar-refractivity contribution in [1.29, 1.82) is 0 Å². The van der Waals surface area contributed by atoms with Crippen LogP contribution in [0, 0.1) is 19.8 Å². The van der Waals surface area contributed by atoms with Crippen molar-refractivity contribution in [2.45, 2.75) is 52.7 Å². The number of carbonyl (C=O) groups is 1. The summed E-state index contributed by atoms with van der Waals surface area (Å²) < 4.78 is 11.5. The summed E-state index contributed by atoms with van der Waals surface area (Å²) in [4.78, 5) is 22.9. The SMILES string of the molecule is Cc1ccc(-c2nc(C)c(C(=O)N3CCC(CN4CC(C)OC(C)C4)CC3)s2)o1. The fraction of sp³-hybridized carbons (Fsp3) is 0.636. The van der Waals surface area contributed by atoms with E-state index < -0.39 is 0 Å². The molecule has 2 saturated heterocycles. The largest absolute Gasteiger partial charge is 0.459 e. The number of morpholine rings is 1. The minimum Gasteiger partial charge on any atom is -0.459 e. The first-order valence-corrected chi connectivity index (χ1v) is 11.4. The number of aryl methyl sites for hydroxylation is 2. The van der Waals surface area contributed by atoms with Crippen LogP contribution in [0.3, 0.4) is 0 Å². The van der Waals surface area contributed by atoms with Gasteiger partial charge in [0.25, 0.3) is 5.91 Å². The van der Waals surface area contributed by atoms with Gasteiger partial charge in [0.05, 0.1) is 17.9 Å². The lowest BCUT2D eigenvalue weighted by atomic mass is 9.95. The van der Waals surface area contributed by atoms with Gasteiger partial charge in [-0.2, -0.15) is 0 Å². The second-order valence-corrected chi connectivity index (χ2v) is 9.55. The van der Waals surface area contributed by atoms with Gasteiger partial charge in [-0.05, 0) is 58.6 Å². The maximum atomic E-state index is 13.1. The van der Waals surface area contributed by atoms with E-state index in [0.29, 0.717) is 18.1 Å². The summed E-state index contributed by atoms with van der Waals surface area (Å²) in [7, 11) is 0. The molecule has 2 fully saturated rings. The molecule has 0 bridgehead atoms. The Labute approximate surface area is 176 Å². The number of amides is 1. The van der Waals surface area contributed by atoms with Gasteiger partial charge in [0.2, 0.25) is 0 Å². The number of hydrogen-bond acceptors (Lipinski definition) is 6. The second kappa shape index (κ2) is 8.58. The molecule has 0 aromatic carbocycles. The van der Waals surface area contributed by atoms with Crippen molar-refractivity contribution in [3.63, 3.8) is 0 Å². The molecule has 6 nitrogen and oxygen atoms in total. The standard InChI is InChI=1S/C22H31N3O3S/c1-14-5-6-19(28-14)21-23-17(4)20(29-21)22(26)25-9-7-18(8-10-25)13-24-11-15(2)27-16(3)12-24/h5-6,15-16,18H,7-13H2,1-4H3. The van der Waals surface area contributed by atoms with E-state index in [1.165, 1.54) is 11.3 Å². The molecule has 2 aromatic heterocycles. The van der Waals surface area contributed by atoms with Gasteiger partial charge >= 0.3 is 0 Å². The zero-order chi connectivity index (χ0) is 20.5. The van der Waals surface area contributed by atoms with Crippen LogP contribution in [0.25, 0.3) is 10.8 Å². The first-order valence-electron chi connectivity index (χ1n) is 10.6. The maximum absolute atomic E-state index is 13.1. The van der Waals surface area contributed by atoms with E-state index in [-0.39, 0.29) is 5.91 Å². The average Bonchev–Trinajstić information content (AvgIpc) is 3.26. The van der Waals surface area contributed by atoms with Crippen molar-refractivity contribution in [3.8, 4) is 10.8 Å². The normalized spacial score (nSPS) is 24.2. The second-order valence-electron chi connectivity index (χ2n) is 8.56. The molecule has 2 unspecified atom stereocenters. The summed E-state index contributed by atoms with van der Waals surface area (Å²) in [6, 6.07) is 3.84. The van der Waals surface area contributed by atoms with Gasteiger partial charge in [0.15, 0.2) is 10.8 Å². The van der Waals surface area contributed by atoms with Gasteiger partial charge in [-0.25, -0.2) is 4.98 Å². The molecule has 158 valence electrons. The zero-order valence-corrected chi connectivity index (χ0v) is 18.6. The monoisotopic (exact) mass is 417 g/mol. The van der Waals surface area contributed by atoms with Gasteiger partial charge in [-0.3, -0.25) is 9.69 Å². The minimum atomic E-state index is 0.113. The third-order valence-corrected chi connectivity index (χ3v) is 7.02. The van der Waals surface area contributed by atoms with E-state index in [1.807, 2.05) is 30.9 Å². The lowest BCUT2D eigenvalue weighted by Crippen LogP contribution is -2.48. The van der Waals surface area contributed by atoms with Crippen LogP contribution in [0.4, 0.5) is 0 Å². The highest BCUT2D eigenvalue weighted by Gasteiger charge is 2.29. The predicted molar refractivity (Wildman–Crippen MR) is 114 cm³/mol. The van der Waals surface area contributed by atoms with Crippen LogP contribution in [0.5, 0.6) is 0 Å². The molecule has 1 amide bonds. The summed E-state index contributed by atoms with van der Waals surface area (Å²) in [5.74, 6) is 2.36. The molecule has 2 aliphatic rings. The van der Waals surface area contributed by atoms with E-state index in [2.05, 4.69) is 23.7 Å². The van der Waals surface area contributed by atoms with E-state index >= 15 is 0 Å². The van der Waals surface area contributed by atoms with Gasteiger partial charge in [-0.1, -0.05) is 0 Å². The summed E-state index contributed by atoms with van der Waals surface area (Å²) in [6.45, 7) is 12.9. The van der Waals surface area contributed by atoms with E-state index in [0.717, 1.165) is 72.7 Å². The summed E-state index contributed by atoms with van der Waals surface area (Å²) in [5.41, 5.74) is 0.794. The Morgan fingerprint density at radius 2 is 1.86 bits per heavy atom. The number of likely N-dealkylation sites (tertiary alicyclic amines) is 1. The average molecular weight is 418 g/mol. The summed E-state index contributed by atoms with van der Waals surface area (Å²) in [6.07, 6.45) is 2.74. The van der Waals surface area contributed by atoms with Gasteiger partial charge in [0.1, 0.15) is 10.6 Å². The molecule has 0 aliphatic carbocycles. The highest BCUT2D eigenvalue weighted by atomic mass is 32.1. The maximum Gasteiger partial charge on any atom is 0.265 e. The van der Waals surface area contributed by atoms with Gasteiger partial charge in [-0.15, -0.1) is 11.3 Å². The third kappa shape index (κ3) is 4.73. The molecule has 4 rings (SSSR count). The Bertz CT molecular complexity index is 843. The molecule has 2 aromatic rings. The van der Waals surface area contributed by atoms with Crippen LogP contribution in [0.1, 0.15) is 47.8 Å². The lowest BCUT2D eigenvalue weighted by Gasteiger charge is -2.39. The molecular formula is C22H31N3O3S. The lowest BCUT2D eigenvalue weighted by molar-refractivity contribution is -0.0728. The Hall–Kier alpha value is -1.70. The topological polar surface area (TPSA) is 58.8 Å². The molecule has 2 aliphatic heterocycles. The minimum absolute atomic E-state index is 0.113. The number of thiazole rings is 1. The number of aromatic nitrogens is 1. The molecule has 29 heavy (non-hydrogen) atoms. The van der Waals surface area contributed by atoms with Crippen LogP contribution in [-0.2, 0) is 4.74 Å². The van der Waals surface area contributed by atoms with Crippen molar-refractivity contribution in [2.24, 2.45) is 5.92 Å². The summed E-state index contributed by atoms with van der Waals surface area (Å²) >= 11 is 1.44. The number of piperidine rings is 1. The smallest absolute Gasteiger partial charge is 0.265 e. The highest BCUT2D eigenvalue weighted by molar-refractivity contribution is 7.17. The quantitative estimate of drug-likeness (QED) is 0.753.